The smallest absolute Gasteiger partial charge is 0.253 e. The molecule has 0 atom stereocenters. The average Bonchev–Trinajstić information content (AvgIpc) is 2.33. The first-order valence-corrected chi connectivity index (χ1v) is 8.34. The molecule has 0 heterocycles. The highest BCUT2D eigenvalue weighted by atomic mass is 35.5. The molecule has 21 heavy (non-hydrogen) atoms. The van der Waals surface area contributed by atoms with Crippen LogP contribution >= 0.6 is 11.6 Å². The third kappa shape index (κ3) is 5.88. The second kappa shape index (κ2) is 6.61. The van der Waals surface area contributed by atoms with Gasteiger partial charge in [-0.3, -0.25) is 10.6 Å². The molecule has 0 bridgehead atoms. The van der Waals surface area contributed by atoms with Crippen LogP contribution in [0.3, 0.4) is 0 Å². The lowest BCUT2D eigenvalue weighted by Gasteiger charge is -2.25. The molecule has 0 saturated heterocycles. The van der Waals surface area contributed by atoms with Gasteiger partial charge in [-0.2, -0.15) is 0 Å². The minimum atomic E-state index is -3.37. The van der Waals surface area contributed by atoms with Crippen molar-refractivity contribution in [3.8, 4) is 0 Å². The Morgan fingerprint density at radius 2 is 2.00 bits per heavy atom. The summed E-state index contributed by atoms with van der Waals surface area (Å²) in [6.07, 6.45) is 1.06. The van der Waals surface area contributed by atoms with Gasteiger partial charge in [0.15, 0.2) is 0 Å². The Morgan fingerprint density at radius 3 is 2.52 bits per heavy atom. The van der Waals surface area contributed by atoms with Gasteiger partial charge in [0.05, 0.1) is 17.5 Å². The van der Waals surface area contributed by atoms with Gasteiger partial charge in [0.1, 0.15) is 0 Å². The third-order valence-electron chi connectivity index (χ3n) is 2.53. The molecule has 1 aromatic carbocycles. The zero-order chi connectivity index (χ0) is 16.3. The molecule has 0 aliphatic heterocycles. The number of rotatable bonds is 6. The summed E-state index contributed by atoms with van der Waals surface area (Å²) in [5.74, 6) is 4.93. The number of hydrogen-bond acceptors (Lipinski definition) is 5. The molecule has 9 heteroatoms. The Balaban J connectivity index is 2.81. The molecule has 0 aliphatic carbocycles. The molecule has 0 unspecified atom stereocenters. The van der Waals surface area contributed by atoms with E-state index in [0.29, 0.717) is 10.7 Å². The van der Waals surface area contributed by atoms with Crippen LogP contribution in [0.1, 0.15) is 24.2 Å². The lowest BCUT2D eigenvalue weighted by Crippen LogP contribution is -2.51. The van der Waals surface area contributed by atoms with Gasteiger partial charge in [0.25, 0.3) is 5.91 Å². The number of carbonyl (C=O) groups is 1. The number of carbonyl (C=O) groups excluding carboxylic acids is 1. The molecule has 1 aromatic rings. The topological polar surface area (TPSA) is 113 Å². The Morgan fingerprint density at radius 1 is 1.38 bits per heavy atom. The van der Waals surface area contributed by atoms with Gasteiger partial charge in [0.2, 0.25) is 10.0 Å². The van der Waals surface area contributed by atoms with Crippen molar-refractivity contribution in [2.24, 2.45) is 5.84 Å². The summed E-state index contributed by atoms with van der Waals surface area (Å²) >= 11 is 5.85. The van der Waals surface area contributed by atoms with Crippen molar-refractivity contribution in [2.45, 2.75) is 19.4 Å². The van der Waals surface area contributed by atoms with E-state index in [-0.39, 0.29) is 12.1 Å². The molecule has 0 radical (unpaired) electrons. The first kappa shape index (κ1) is 17.7. The van der Waals surface area contributed by atoms with Crippen molar-refractivity contribution in [1.29, 1.82) is 0 Å². The van der Waals surface area contributed by atoms with E-state index in [1.807, 2.05) is 0 Å². The van der Waals surface area contributed by atoms with Crippen molar-refractivity contribution in [3.63, 3.8) is 0 Å². The molecule has 1 rings (SSSR count). The lowest BCUT2D eigenvalue weighted by atomic mass is 10.1. The van der Waals surface area contributed by atoms with Crippen LogP contribution in [0.4, 0.5) is 5.69 Å². The highest BCUT2D eigenvalue weighted by Crippen LogP contribution is 2.19. The summed E-state index contributed by atoms with van der Waals surface area (Å²) in [7, 11) is -3.37. The van der Waals surface area contributed by atoms with E-state index in [2.05, 4.69) is 15.5 Å². The molecule has 0 aromatic heterocycles. The first-order valence-electron chi connectivity index (χ1n) is 6.07. The second-order valence-electron chi connectivity index (χ2n) is 5.28. The van der Waals surface area contributed by atoms with Crippen LogP contribution in [-0.2, 0) is 10.0 Å². The van der Waals surface area contributed by atoms with Crippen LogP contribution in [0.2, 0.25) is 5.02 Å². The van der Waals surface area contributed by atoms with E-state index in [1.54, 1.807) is 26.0 Å². The summed E-state index contributed by atoms with van der Waals surface area (Å²) in [4.78, 5) is 12.1. The lowest BCUT2D eigenvalue weighted by molar-refractivity contribution is 0.0945. The van der Waals surface area contributed by atoms with Crippen LogP contribution in [-0.4, -0.2) is 32.7 Å². The number of nitrogens with two attached hydrogens (primary N) is 1. The molecular weight excluding hydrogens is 316 g/mol. The molecule has 0 fully saturated rings. The highest BCUT2D eigenvalue weighted by molar-refractivity contribution is 7.88. The van der Waals surface area contributed by atoms with Gasteiger partial charge in [0, 0.05) is 17.1 Å². The monoisotopic (exact) mass is 334 g/mol. The maximum atomic E-state index is 12.1. The maximum Gasteiger partial charge on any atom is 0.253 e. The fraction of sp³-hybridized carbons (Fsp3) is 0.417. The number of nitrogens with one attached hydrogen (secondary N) is 3. The summed E-state index contributed by atoms with van der Waals surface area (Å²) in [5, 5.41) is 3.04. The van der Waals surface area contributed by atoms with Crippen molar-refractivity contribution < 1.29 is 13.2 Å². The van der Waals surface area contributed by atoms with Crippen LogP contribution < -0.4 is 21.3 Å². The minimum Gasteiger partial charge on any atom is -0.350 e. The number of benzene rings is 1. The third-order valence-corrected chi connectivity index (χ3v) is 3.69. The predicted octanol–water partition coefficient (Wildman–Crippen LogP) is 0.683. The fourth-order valence-corrected chi connectivity index (χ4v) is 3.01. The van der Waals surface area contributed by atoms with Crippen LogP contribution in [0.5, 0.6) is 0 Å². The molecular formula is C12H19ClN4O3S. The van der Waals surface area contributed by atoms with E-state index in [9.17, 15) is 13.2 Å². The van der Waals surface area contributed by atoms with Crippen LogP contribution in [0.25, 0.3) is 0 Å². The van der Waals surface area contributed by atoms with Gasteiger partial charge in [-0.25, -0.2) is 13.1 Å². The Kier molecular flexibility index (Phi) is 5.57. The molecule has 5 N–H and O–H groups in total. The van der Waals surface area contributed by atoms with Gasteiger partial charge >= 0.3 is 0 Å². The van der Waals surface area contributed by atoms with E-state index in [0.717, 1.165) is 6.26 Å². The number of sulfonamides is 1. The van der Waals surface area contributed by atoms with Crippen LogP contribution in [0.15, 0.2) is 18.2 Å². The quantitative estimate of drug-likeness (QED) is 0.451. The van der Waals surface area contributed by atoms with Crippen molar-refractivity contribution in [2.75, 3.05) is 18.2 Å². The van der Waals surface area contributed by atoms with Crippen molar-refractivity contribution in [3.05, 3.63) is 28.8 Å². The largest absolute Gasteiger partial charge is 0.350 e. The fourth-order valence-electron chi connectivity index (χ4n) is 1.76. The normalized spacial score (nSPS) is 12.0. The maximum absolute atomic E-state index is 12.1. The molecule has 0 spiro atoms. The van der Waals surface area contributed by atoms with Crippen LogP contribution in [0, 0.1) is 0 Å². The number of hydrazine groups is 1. The van der Waals surface area contributed by atoms with Gasteiger partial charge in [-0.1, -0.05) is 11.6 Å². The SMILES string of the molecule is CC(C)(CNC(=O)c1cc(Cl)ccc1NN)NS(C)(=O)=O. The molecule has 0 aliphatic rings. The van der Waals surface area contributed by atoms with Crippen molar-refractivity contribution in [1.82, 2.24) is 10.0 Å². The van der Waals surface area contributed by atoms with Crippen molar-refractivity contribution >= 4 is 33.2 Å². The number of halogens is 1. The highest BCUT2D eigenvalue weighted by Gasteiger charge is 2.23. The zero-order valence-electron chi connectivity index (χ0n) is 12.0. The summed E-state index contributed by atoms with van der Waals surface area (Å²) in [6.45, 7) is 3.43. The van der Waals surface area contributed by atoms with Gasteiger partial charge < -0.3 is 10.7 Å². The number of nitrogen functional groups attached to an aromatic ring is 1. The molecule has 7 nitrogen and oxygen atoms in total. The minimum absolute atomic E-state index is 0.107. The molecule has 0 saturated carbocycles. The first-order chi connectivity index (χ1) is 9.54. The van der Waals surface area contributed by atoms with Gasteiger partial charge in [-0.05, 0) is 32.0 Å². The average molecular weight is 335 g/mol. The Labute approximate surface area is 129 Å². The zero-order valence-corrected chi connectivity index (χ0v) is 13.6. The standard InChI is InChI=1S/C12H19ClN4O3S/c1-12(2,17-21(3,19)20)7-15-11(18)9-6-8(13)4-5-10(9)16-14/h4-6,16-17H,7,14H2,1-3H3,(H,15,18). The predicted molar refractivity (Wildman–Crippen MR) is 83.7 cm³/mol. The second-order valence-corrected chi connectivity index (χ2v) is 7.46. The number of amides is 1. The van der Waals surface area contributed by atoms with E-state index in [4.69, 9.17) is 17.4 Å². The summed E-state index contributed by atoms with van der Waals surface area (Å²) < 4.78 is 24.9. The van der Waals surface area contributed by atoms with E-state index in [1.165, 1.54) is 6.07 Å². The Bertz CT molecular complexity index is 631. The summed E-state index contributed by atoms with van der Waals surface area (Å²) in [6, 6.07) is 4.66. The number of hydrogen-bond donors (Lipinski definition) is 4. The van der Waals surface area contributed by atoms with Gasteiger partial charge in [-0.15, -0.1) is 0 Å². The molecule has 118 valence electrons. The van der Waals surface area contributed by atoms with E-state index >= 15 is 0 Å². The Hall–Kier alpha value is -1.35. The number of anilines is 1. The van der Waals surface area contributed by atoms with E-state index < -0.39 is 21.5 Å². The summed E-state index contributed by atoms with van der Waals surface area (Å²) in [5.41, 5.74) is 2.29. The molecule has 1 amide bonds.